The first kappa shape index (κ1) is 17.8. The van der Waals surface area contributed by atoms with Crippen molar-refractivity contribution in [3.8, 4) is 11.8 Å². The monoisotopic (exact) mass is 314 g/mol. The number of nitriles is 1. The molecule has 0 spiro atoms. The minimum atomic E-state index is -4.56. The number of nitrogens with one attached hydrogen (secondary N) is 1. The molecule has 1 amide bonds. The van der Waals surface area contributed by atoms with Gasteiger partial charge in [-0.25, -0.2) is 0 Å². The first-order valence-electron chi connectivity index (χ1n) is 6.61. The van der Waals surface area contributed by atoms with Gasteiger partial charge in [0.2, 0.25) is 0 Å². The van der Waals surface area contributed by atoms with E-state index in [4.69, 9.17) is 10.00 Å². The molecular weight excluding hydrogens is 297 g/mol. The maximum Gasteiger partial charge on any atom is 0.419 e. The lowest BCUT2D eigenvalue weighted by molar-refractivity contribution is -0.139. The average molecular weight is 314 g/mol. The fourth-order valence-electron chi connectivity index (χ4n) is 1.60. The molecule has 0 aromatic heterocycles. The van der Waals surface area contributed by atoms with Gasteiger partial charge in [0.25, 0.3) is 5.91 Å². The Kier molecular flexibility index (Phi) is 5.42. The number of nitrogens with zero attached hydrogens (tertiary/aromatic N) is 1. The minimum Gasteiger partial charge on any atom is -0.483 e. The van der Waals surface area contributed by atoms with Crippen molar-refractivity contribution in [2.45, 2.75) is 32.5 Å². The molecule has 0 aliphatic carbocycles. The summed E-state index contributed by atoms with van der Waals surface area (Å²) in [5.41, 5.74) is -2.06. The van der Waals surface area contributed by atoms with Gasteiger partial charge in [-0.15, -0.1) is 0 Å². The Morgan fingerprint density at radius 1 is 1.36 bits per heavy atom. The molecule has 1 aromatic rings. The molecule has 0 aliphatic heterocycles. The van der Waals surface area contributed by atoms with Gasteiger partial charge in [-0.3, -0.25) is 4.79 Å². The third-order valence-electron chi connectivity index (χ3n) is 3.34. The summed E-state index contributed by atoms with van der Waals surface area (Å²) in [5.74, 6) is -1.24. The Balaban J connectivity index is 2.76. The highest BCUT2D eigenvalue weighted by atomic mass is 19.4. The topological polar surface area (TPSA) is 62.1 Å². The number of halogens is 3. The van der Waals surface area contributed by atoms with Gasteiger partial charge in [0.1, 0.15) is 11.3 Å². The van der Waals surface area contributed by atoms with Gasteiger partial charge in [0, 0.05) is 0 Å². The van der Waals surface area contributed by atoms with Gasteiger partial charge in [-0.05, 0) is 25.0 Å². The molecule has 0 fully saturated rings. The molecule has 4 nitrogen and oxygen atoms in total. The number of alkyl halides is 3. The van der Waals surface area contributed by atoms with E-state index in [-0.39, 0.29) is 5.92 Å². The zero-order valence-electron chi connectivity index (χ0n) is 12.5. The van der Waals surface area contributed by atoms with E-state index in [0.29, 0.717) is 0 Å². The van der Waals surface area contributed by atoms with Gasteiger partial charge in [-0.2, -0.15) is 18.4 Å². The lowest BCUT2D eigenvalue weighted by atomic mass is 9.90. The predicted octanol–water partition coefficient (Wildman–Crippen LogP) is 3.14. The molecule has 1 N–H and O–H groups in total. The number of rotatable bonds is 5. The Labute approximate surface area is 126 Å². The van der Waals surface area contributed by atoms with Crippen molar-refractivity contribution in [3.05, 3.63) is 29.8 Å². The van der Waals surface area contributed by atoms with Crippen LogP contribution in [-0.2, 0) is 11.0 Å². The summed E-state index contributed by atoms with van der Waals surface area (Å²) in [4.78, 5) is 11.8. The zero-order chi connectivity index (χ0) is 17.0. The third kappa shape index (κ3) is 4.38. The van der Waals surface area contributed by atoms with Crippen molar-refractivity contribution in [2.24, 2.45) is 5.92 Å². The molecule has 1 atom stereocenters. The standard InChI is InChI=1S/C15H17F3N2O2/c1-10(2)14(3,9-19)20-13(21)8-22-12-7-5-4-6-11(12)15(16,17)18/h4-7,10H,8H2,1-3H3,(H,20,21). The molecule has 7 heteroatoms. The van der Waals surface area contributed by atoms with Crippen LogP contribution in [-0.4, -0.2) is 18.1 Å². The van der Waals surface area contributed by atoms with Crippen LogP contribution in [0, 0.1) is 17.2 Å². The summed E-state index contributed by atoms with van der Waals surface area (Å²) < 4.78 is 43.3. The number of benzene rings is 1. The number of hydrogen-bond acceptors (Lipinski definition) is 3. The molecule has 1 aromatic carbocycles. The fourth-order valence-corrected chi connectivity index (χ4v) is 1.60. The molecule has 0 radical (unpaired) electrons. The van der Waals surface area contributed by atoms with Gasteiger partial charge in [-0.1, -0.05) is 26.0 Å². The second-order valence-electron chi connectivity index (χ2n) is 5.30. The smallest absolute Gasteiger partial charge is 0.419 e. The van der Waals surface area contributed by atoms with E-state index in [9.17, 15) is 18.0 Å². The van der Waals surface area contributed by atoms with Crippen LogP contribution in [0.1, 0.15) is 26.3 Å². The highest BCUT2D eigenvalue weighted by Crippen LogP contribution is 2.35. The van der Waals surface area contributed by atoms with Crippen LogP contribution in [0.2, 0.25) is 0 Å². The minimum absolute atomic E-state index is 0.163. The molecular formula is C15H17F3N2O2. The van der Waals surface area contributed by atoms with Crippen molar-refractivity contribution in [1.29, 1.82) is 5.26 Å². The molecule has 0 saturated carbocycles. The number of para-hydroxylation sites is 1. The SMILES string of the molecule is CC(C)C(C)(C#N)NC(=O)COc1ccccc1C(F)(F)F. The number of hydrogen-bond donors (Lipinski definition) is 1. The number of ether oxygens (including phenoxy) is 1. The van der Waals surface area contributed by atoms with Crippen LogP contribution in [0.3, 0.4) is 0 Å². The Hall–Kier alpha value is -2.23. The van der Waals surface area contributed by atoms with Gasteiger partial charge < -0.3 is 10.1 Å². The zero-order valence-corrected chi connectivity index (χ0v) is 12.5. The normalized spacial score (nSPS) is 14.1. The van der Waals surface area contributed by atoms with E-state index in [1.165, 1.54) is 12.1 Å². The van der Waals surface area contributed by atoms with Gasteiger partial charge in [0.15, 0.2) is 6.61 Å². The molecule has 120 valence electrons. The first-order valence-corrected chi connectivity index (χ1v) is 6.61. The number of amides is 1. The van der Waals surface area contributed by atoms with Crippen LogP contribution in [0.15, 0.2) is 24.3 Å². The maximum absolute atomic E-state index is 12.8. The largest absolute Gasteiger partial charge is 0.483 e. The highest BCUT2D eigenvalue weighted by molar-refractivity contribution is 5.78. The lowest BCUT2D eigenvalue weighted by Gasteiger charge is -2.27. The molecule has 0 bridgehead atoms. The summed E-state index contributed by atoms with van der Waals surface area (Å²) in [5, 5.41) is 11.6. The lowest BCUT2D eigenvalue weighted by Crippen LogP contribution is -2.50. The van der Waals surface area contributed by atoms with E-state index >= 15 is 0 Å². The van der Waals surface area contributed by atoms with Crippen molar-refractivity contribution >= 4 is 5.91 Å². The molecule has 0 heterocycles. The predicted molar refractivity (Wildman–Crippen MR) is 73.9 cm³/mol. The fraction of sp³-hybridized carbons (Fsp3) is 0.467. The van der Waals surface area contributed by atoms with Crippen LogP contribution in [0.4, 0.5) is 13.2 Å². The van der Waals surface area contributed by atoms with Crippen LogP contribution >= 0.6 is 0 Å². The quantitative estimate of drug-likeness (QED) is 0.908. The van der Waals surface area contributed by atoms with Crippen LogP contribution < -0.4 is 10.1 Å². The summed E-state index contributed by atoms with van der Waals surface area (Å²) in [6, 6.07) is 6.61. The number of carbonyl (C=O) groups excluding carboxylic acids is 1. The van der Waals surface area contributed by atoms with E-state index in [1.807, 2.05) is 6.07 Å². The highest BCUT2D eigenvalue weighted by Gasteiger charge is 2.34. The van der Waals surface area contributed by atoms with Gasteiger partial charge >= 0.3 is 6.18 Å². The molecule has 0 aliphatic rings. The molecule has 1 rings (SSSR count). The first-order chi connectivity index (χ1) is 10.1. The second-order valence-corrected chi connectivity index (χ2v) is 5.30. The van der Waals surface area contributed by atoms with Crippen molar-refractivity contribution in [3.63, 3.8) is 0 Å². The van der Waals surface area contributed by atoms with Crippen LogP contribution in [0.25, 0.3) is 0 Å². The second kappa shape index (κ2) is 6.69. The number of carbonyl (C=O) groups is 1. The summed E-state index contributed by atoms with van der Waals surface area (Å²) in [6.45, 7) is 4.45. The molecule has 0 saturated heterocycles. The summed E-state index contributed by atoms with van der Waals surface area (Å²) in [7, 11) is 0. The Morgan fingerprint density at radius 3 is 2.45 bits per heavy atom. The Bertz CT molecular complexity index is 579. The van der Waals surface area contributed by atoms with Crippen molar-refractivity contribution in [1.82, 2.24) is 5.32 Å². The van der Waals surface area contributed by atoms with E-state index < -0.39 is 35.5 Å². The van der Waals surface area contributed by atoms with E-state index in [2.05, 4.69) is 5.32 Å². The van der Waals surface area contributed by atoms with Crippen molar-refractivity contribution < 1.29 is 22.7 Å². The van der Waals surface area contributed by atoms with Crippen molar-refractivity contribution in [2.75, 3.05) is 6.61 Å². The molecule has 1 unspecified atom stereocenters. The van der Waals surface area contributed by atoms with Crippen LogP contribution in [0.5, 0.6) is 5.75 Å². The average Bonchev–Trinajstić information content (AvgIpc) is 2.44. The third-order valence-corrected chi connectivity index (χ3v) is 3.34. The summed E-state index contributed by atoms with van der Waals surface area (Å²) in [6.07, 6.45) is -4.56. The maximum atomic E-state index is 12.8. The van der Waals surface area contributed by atoms with Gasteiger partial charge in [0.05, 0.1) is 11.6 Å². The van der Waals surface area contributed by atoms with E-state index in [0.717, 1.165) is 12.1 Å². The van der Waals surface area contributed by atoms with E-state index in [1.54, 1.807) is 20.8 Å². The summed E-state index contributed by atoms with van der Waals surface area (Å²) >= 11 is 0. The molecule has 22 heavy (non-hydrogen) atoms. The Morgan fingerprint density at radius 2 is 1.95 bits per heavy atom.